The van der Waals surface area contributed by atoms with Crippen LogP contribution in [0.15, 0.2) is 0 Å². The predicted molar refractivity (Wildman–Crippen MR) is 35.3 cm³/mol. The molecular formula is C6H15NO2. The maximum Gasteiger partial charge on any atom is 0.0431 e. The lowest BCUT2D eigenvalue weighted by Gasteiger charge is -1.96. The van der Waals surface area contributed by atoms with Crippen LogP contribution in [0.1, 0.15) is 25.7 Å². The fourth-order valence-corrected chi connectivity index (χ4v) is 0.669. The van der Waals surface area contributed by atoms with Gasteiger partial charge in [-0.25, -0.2) is 5.48 Å². The summed E-state index contributed by atoms with van der Waals surface area (Å²) >= 11 is 0. The van der Waals surface area contributed by atoms with Crippen molar-refractivity contribution in [2.75, 3.05) is 13.2 Å². The zero-order valence-corrected chi connectivity index (χ0v) is 5.64. The van der Waals surface area contributed by atoms with E-state index in [4.69, 9.17) is 10.3 Å². The van der Waals surface area contributed by atoms with Gasteiger partial charge in [0.15, 0.2) is 0 Å². The number of unbranched alkanes of at least 4 members (excludes halogenated alkanes) is 3. The van der Waals surface area contributed by atoms with Crippen molar-refractivity contribution in [1.29, 1.82) is 0 Å². The molecule has 0 atom stereocenters. The average molecular weight is 133 g/mol. The minimum Gasteiger partial charge on any atom is -0.396 e. The molecule has 0 amide bonds. The van der Waals surface area contributed by atoms with Crippen LogP contribution in [0.4, 0.5) is 0 Å². The van der Waals surface area contributed by atoms with Crippen LogP contribution >= 0.6 is 0 Å². The zero-order valence-electron chi connectivity index (χ0n) is 5.64. The van der Waals surface area contributed by atoms with Crippen molar-refractivity contribution in [3.63, 3.8) is 0 Å². The Morgan fingerprint density at radius 2 is 1.67 bits per heavy atom. The van der Waals surface area contributed by atoms with Crippen molar-refractivity contribution in [1.82, 2.24) is 5.48 Å². The second-order valence-electron chi connectivity index (χ2n) is 2.05. The molecule has 56 valence electrons. The molecule has 9 heavy (non-hydrogen) atoms. The standard InChI is InChI=1S/C6H15NO2/c8-6-4-2-1-3-5-7-9/h7-9H,1-6H2. The summed E-state index contributed by atoms with van der Waals surface area (Å²) in [6.45, 7) is 0.942. The molecule has 0 saturated heterocycles. The number of hydroxylamine groups is 1. The Kier molecular flexibility index (Phi) is 7.77. The maximum atomic E-state index is 8.36. The van der Waals surface area contributed by atoms with Gasteiger partial charge in [0.2, 0.25) is 0 Å². The van der Waals surface area contributed by atoms with Gasteiger partial charge < -0.3 is 10.3 Å². The van der Waals surface area contributed by atoms with E-state index in [0.29, 0.717) is 6.54 Å². The Balaban J connectivity index is 2.60. The van der Waals surface area contributed by atoms with E-state index < -0.39 is 0 Å². The van der Waals surface area contributed by atoms with Gasteiger partial charge in [-0.15, -0.1) is 0 Å². The summed E-state index contributed by atoms with van der Waals surface area (Å²) < 4.78 is 0. The van der Waals surface area contributed by atoms with Crippen LogP contribution in [0.2, 0.25) is 0 Å². The number of aliphatic hydroxyl groups is 1. The van der Waals surface area contributed by atoms with Crippen LogP contribution in [0.3, 0.4) is 0 Å². The molecule has 0 aromatic rings. The van der Waals surface area contributed by atoms with Crippen molar-refractivity contribution in [3.8, 4) is 0 Å². The summed E-state index contributed by atoms with van der Waals surface area (Å²) in [5, 5.41) is 16.5. The third-order valence-corrected chi connectivity index (χ3v) is 1.20. The third kappa shape index (κ3) is 7.88. The van der Waals surface area contributed by atoms with Gasteiger partial charge in [0.1, 0.15) is 0 Å². The second kappa shape index (κ2) is 7.88. The minimum absolute atomic E-state index is 0.284. The molecule has 0 aliphatic rings. The lowest BCUT2D eigenvalue weighted by Crippen LogP contribution is -2.08. The van der Waals surface area contributed by atoms with E-state index in [-0.39, 0.29) is 6.61 Å². The van der Waals surface area contributed by atoms with Crippen LogP contribution in [-0.2, 0) is 0 Å². The molecule has 0 aliphatic heterocycles. The summed E-state index contributed by atoms with van der Waals surface area (Å²) in [5.41, 5.74) is 2.08. The van der Waals surface area contributed by atoms with Gasteiger partial charge in [-0.1, -0.05) is 12.8 Å². The maximum absolute atomic E-state index is 8.36. The Labute approximate surface area is 55.7 Å². The van der Waals surface area contributed by atoms with E-state index in [1.54, 1.807) is 0 Å². The fourth-order valence-electron chi connectivity index (χ4n) is 0.669. The summed E-state index contributed by atoms with van der Waals surface area (Å²) in [6.07, 6.45) is 3.99. The van der Waals surface area contributed by atoms with Gasteiger partial charge in [-0.3, -0.25) is 0 Å². The number of hydrogen-bond donors (Lipinski definition) is 3. The number of nitrogens with one attached hydrogen (secondary N) is 1. The number of aliphatic hydroxyl groups excluding tert-OH is 1. The highest BCUT2D eigenvalue weighted by Gasteiger charge is 1.86. The summed E-state index contributed by atoms with van der Waals surface area (Å²) in [7, 11) is 0. The first-order chi connectivity index (χ1) is 4.41. The zero-order chi connectivity index (χ0) is 6.95. The van der Waals surface area contributed by atoms with Gasteiger partial charge in [-0.2, -0.15) is 0 Å². The van der Waals surface area contributed by atoms with Crippen LogP contribution < -0.4 is 5.48 Å². The molecule has 3 nitrogen and oxygen atoms in total. The smallest absolute Gasteiger partial charge is 0.0431 e. The van der Waals surface area contributed by atoms with Gasteiger partial charge in [-0.05, 0) is 12.8 Å². The average Bonchev–Trinajstić information content (AvgIpc) is 1.89. The van der Waals surface area contributed by atoms with Crippen molar-refractivity contribution in [3.05, 3.63) is 0 Å². The van der Waals surface area contributed by atoms with E-state index in [2.05, 4.69) is 5.48 Å². The molecule has 0 spiro atoms. The first-order valence-electron chi connectivity index (χ1n) is 3.39. The van der Waals surface area contributed by atoms with Crippen molar-refractivity contribution in [2.45, 2.75) is 25.7 Å². The summed E-state index contributed by atoms with van der Waals surface area (Å²) in [4.78, 5) is 0. The lowest BCUT2D eigenvalue weighted by atomic mass is 10.2. The lowest BCUT2D eigenvalue weighted by molar-refractivity contribution is 0.164. The van der Waals surface area contributed by atoms with Gasteiger partial charge in [0.05, 0.1) is 0 Å². The summed E-state index contributed by atoms with van der Waals surface area (Å²) in [6, 6.07) is 0. The molecule has 0 aromatic heterocycles. The molecule has 0 rings (SSSR count). The van der Waals surface area contributed by atoms with Gasteiger partial charge in [0.25, 0.3) is 0 Å². The van der Waals surface area contributed by atoms with Crippen molar-refractivity contribution < 1.29 is 10.3 Å². The minimum atomic E-state index is 0.284. The molecule has 0 heterocycles. The Morgan fingerprint density at radius 3 is 2.22 bits per heavy atom. The predicted octanol–water partition coefficient (Wildman–Crippen LogP) is 0.518. The quantitative estimate of drug-likeness (QED) is 0.365. The van der Waals surface area contributed by atoms with Crippen LogP contribution in [0.5, 0.6) is 0 Å². The van der Waals surface area contributed by atoms with Crippen LogP contribution in [-0.4, -0.2) is 23.5 Å². The Morgan fingerprint density at radius 1 is 1.00 bits per heavy atom. The Hall–Kier alpha value is -0.120. The number of hydrogen-bond acceptors (Lipinski definition) is 3. The van der Waals surface area contributed by atoms with Gasteiger partial charge >= 0.3 is 0 Å². The van der Waals surface area contributed by atoms with Crippen LogP contribution in [0, 0.1) is 0 Å². The van der Waals surface area contributed by atoms with E-state index >= 15 is 0 Å². The van der Waals surface area contributed by atoms with E-state index in [9.17, 15) is 0 Å². The molecule has 0 unspecified atom stereocenters. The molecule has 0 bridgehead atoms. The highest BCUT2D eigenvalue weighted by Crippen LogP contribution is 1.96. The monoisotopic (exact) mass is 133 g/mol. The highest BCUT2D eigenvalue weighted by molar-refractivity contribution is 4.41. The molecule has 0 radical (unpaired) electrons. The van der Waals surface area contributed by atoms with E-state index in [1.807, 2.05) is 0 Å². The van der Waals surface area contributed by atoms with E-state index in [0.717, 1.165) is 25.7 Å². The SMILES string of the molecule is OCCCCCCNO. The largest absolute Gasteiger partial charge is 0.396 e. The second-order valence-corrected chi connectivity index (χ2v) is 2.05. The molecule has 0 aliphatic carbocycles. The molecule has 0 saturated carbocycles. The molecular weight excluding hydrogens is 118 g/mol. The third-order valence-electron chi connectivity index (χ3n) is 1.20. The highest BCUT2D eigenvalue weighted by atomic mass is 16.5. The normalized spacial score (nSPS) is 10.0. The molecule has 0 fully saturated rings. The topological polar surface area (TPSA) is 52.5 Å². The molecule has 0 aromatic carbocycles. The van der Waals surface area contributed by atoms with Gasteiger partial charge in [0, 0.05) is 13.2 Å². The summed E-state index contributed by atoms with van der Waals surface area (Å²) in [5.74, 6) is 0. The first-order valence-corrected chi connectivity index (χ1v) is 3.39. The van der Waals surface area contributed by atoms with E-state index in [1.165, 1.54) is 0 Å². The molecule has 3 N–H and O–H groups in total. The number of rotatable bonds is 6. The first kappa shape index (κ1) is 8.88. The van der Waals surface area contributed by atoms with Crippen LogP contribution in [0.25, 0.3) is 0 Å². The fraction of sp³-hybridized carbons (Fsp3) is 1.00. The molecule has 3 heteroatoms. The van der Waals surface area contributed by atoms with Crippen molar-refractivity contribution >= 4 is 0 Å². The Bertz CT molecular complexity index is 44.3. The van der Waals surface area contributed by atoms with Crippen molar-refractivity contribution in [2.24, 2.45) is 0 Å².